The summed E-state index contributed by atoms with van der Waals surface area (Å²) < 4.78 is 60.4. The predicted molar refractivity (Wildman–Crippen MR) is 211 cm³/mol. The SMILES string of the molecule is [C-]#[N+]c1cc2nn(C3CCC(CN(C)C4CCN(c5cccc6c5n(C)c(=O)n6C5CCC(=O)NC5=O)CC4F)CC3)cc2cc1NC(=O)c1cccc(C(F)(F)F)n1. The van der Waals surface area contributed by atoms with E-state index in [1.807, 2.05) is 28.9 Å². The summed E-state index contributed by atoms with van der Waals surface area (Å²) in [4.78, 5) is 61.8. The summed E-state index contributed by atoms with van der Waals surface area (Å²) >= 11 is 0. The number of alkyl halides is 4. The third kappa shape index (κ3) is 7.66. The van der Waals surface area contributed by atoms with Gasteiger partial charge in [0.2, 0.25) is 17.5 Å². The van der Waals surface area contributed by atoms with E-state index >= 15 is 4.39 Å². The number of nitrogens with zero attached hydrogens (tertiary/aromatic N) is 8. The minimum atomic E-state index is -4.71. The second-order valence-corrected chi connectivity index (χ2v) is 15.8. The molecular formula is C41H42F4N10O4. The summed E-state index contributed by atoms with van der Waals surface area (Å²) in [5.41, 5.74) is 0.715. The maximum Gasteiger partial charge on any atom is 0.433 e. The molecule has 2 saturated heterocycles. The van der Waals surface area contributed by atoms with Gasteiger partial charge in [0, 0.05) is 49.9 Å². The second-order valence-electron chi connectivity index (χ2n) is 15.8. The molecule has 0 radical (unpaired) electrons. The van der Waals surface area contributed by atoms with Gasteiger partial charge in [0.1, 0.15) is 23.6 Å². The molecule has 2 aromatic carbocycles. The van der Waals surface area contributed by atoms with E-state index in [2.05, 4.69) is 25.4 Å². The van der Waals surface area contributed by atoms with E-state index in [1.54, 1.807) is 31.3 Å². The van der Waals surface area contributed by atoms with Crippen LogP contribution >= 0.6 is 0 Å². The van der Waals surface area contributed by atoms with Crippen LogP contribution in [0.15, 0.2) is 59.5 Å². The number of nitrogens with one attached hydrogen (secondary N) is 2. The summed E-state index contributed by atoms with van der Waals surface area (Å²) in [6.07, 6.45) is 0.420. The van der Waals surface area contributed by atoms with E-state index in [1.165, 1.54) is 15.2 Å². The zero-order chi connectivity index (χ0) is 41.7. The van der Waals surface area contributed by atoms with Gasteiger partial charge in [-0.1, -0.05) is 12.1 Å². The summed E-state index contributed by atoms with van der Waals surface area (Å²) in [5.74, 6) is -1.39. The number of amides is 3. The van der Waals surface area contributed by atoms with Crippen LogP contribution in [0.4, 0.5) is 34.6 Å². The van der Waals surface area contributed by atoms with E-state index < -0.39 is 41.6 Å². The number of benzene rings is 2. The number of aryl methyl sites for hydroxylation is 1. The van der Waals surface area contributed by atoms with E-state index in [9.17, 15) is 32.3 Å². The number of halogens is 4. The maximum atomic E-state index is 16.1. The fourth-order valence-corrected chi connectivity index (χ4v) is 9.01. The number of piperidine rings is 2. The Hall–Kier alpha value is -6.09. The molecular weight excluding hydrogens is 773 g/mol. The Bertz CT molecular complexity index is 2570. The van der Waals surface area contributed by atoms with E-state index in [4.69, 9.17) is 11.7 Å². The molecule has 5 heterocycles. The minimum absolute atomic E-state index is 0.0911. The van der Waals surface area contributed by atoms with Crippen LogP contribution in [0.3, 0.4) is 0 Å². The van der Waals surface area contributed by atoms with Crippen molar-refractivity contribution in [2.24, 2.45) is 13.0 Å². The second kappa shape index (κ2) is 15.6. The van der Waals surface area contributed by atoms with Crippen molar-refractivity contribution in [3.8, 4) is 0 Å². The minimum Gasteiger partial charge on any atom is -0.367 e. The number of para-hydroxylation sites is 1. The first kappa shape index (κ1) is 39.7. The van der Waals surface area contributed by atoms with Crippen LogP contribution in [0.2, 0.25) is 0 Å². The highest BCUT2D eigenvalue weighted by Crippen LogP contribution is 2.37. The Morgan fingerprint density at radius 2 is 1.81 bits per heavy atom. The van der Waals surface area contributed by atoms with Gasteiger partial charge in [0.05, 0.1) is 41.4 Å². The number of carbonyl (C=O) groups excluding carboxylic acids is 3. The fourth-order valence-electron chi connectivity index (χ4n) is 9.01. The molecule has 3 aliphatic rings. The molecule has 8 rings (SSSR count). The molecule has 3 amide bonds. The number of fused-ring (bicyclic) bond motifs is 2. The zero-order valence-electron chi connectivity index (χ0n) is 32.4. The number of imide groups is 1. The average molecular weight is 815 g/mol. The van der Waals surface area contributed by atoms with Crippen LogP contribution in [-0.4, -0.2) is 85.4 Å². The smallest absolute Gasteiger partial charge is 0.367 e. The molecule has 5 aromatic rings. The predicted octanol–water partition coefficient (Wildman–Crippen LogP) is 6.16. The van der Waals surface area contributed by atoms with Gasteiger partial charge in [-0.15, -0.1) is 0 Å². The Morgan fingerprint density at radius 1 is 1.05 bits per heavy atom. The first-order valence-electron chi connectivity index (χ1n) is 19.6. The number of hydrogen-bond donors (Lipinski definition) is 2. The first-order valence-corrected chi connectivity index (χ1v) is 19.6. The molecule has 0 spiro atoms. The summed E-state index contributed by atoms with van der Waals surface area (Å²) in [5, 5.41) is 10.3. The Kier molecular flexibility index (Phi) is 10.5. The van der Waals surface area contributed by atoms with Crippen molar-refractivity contribution >= 4 is 56.7 Å². The molecule has 3 aromatic heterocycles. The van der Waals surface area contributed by atoms with Gasteiger partial charge in [-0.25, -0.2) is 19.0 Å². The van der Waals surface area contributed by atoms with Crippen molar-refractivity contribution in [1.82, 2.24) is 34.1 Å². The van der Waals surface area contributed by atoms with Crippen LogP contribution in [0, 0.1) is 12.5 Å². The number of rotatable bonds is 8. The first-order chi connectivity index (χ1) is 28.2. The molecule has 59 heavy (non-hydrogen) atoms. The monoisotopic (exact) mass is 814 g/mol. The largest absolute Gasteiger partial charge is 0.433 e. The molecule has 3 unspecified atom stereocenters. The lowest BCUT2D eigenvalue weighted by atomic mass is 9.85. The van der Waals surface area contributed by atoms with Gasteiger partial charge in [0.25, 0.3) is 5.91 Å². The van der Waals surface area contributed by atoms with Gasteiger partial charge < -0.3 is 15.1 Å². The lowest BCUT2D eigenvalue weighted by Gasteiger charge is -2.42. The van der Waals surface area contributed by atoms with Crippen LogP contribution in [0.1, 0.15) is 73.2 Å². The van der Waals surface area contributed by atoms with E-state index in [0.717, 1.165) is 50.0 Å². The molecule has 18 heteroatoms. The molecule has 2 N–H and O–H groups in total. The normalized spacial score (nSPS) is 22.8. The molecule has 0 bridgehead atoms. The molecule has 1 saturated carbocycles. The van der Waals surface area contributed by atoms with Crippen LogP contribution in [0.25, 0.3) is 26.8 Å². The summed E-state index contributed by atoms with van der Waals surface area (Å²) in [6.45, 7) is 9.10. The number of aromatic nitrogens is 5. The lowest BCUT2D eigenvalue weighted by molar-refractivity contribution is -0.141. The standard InChI is InChI=1S/C41H42F4N10O4/c1-46-29-19-28-24(18-30(29)48-38(57)27-6-4-9-35(47-27)41(43,44)45)21-54(50-28)25-12-10-23(11-13-25)20-51(2)31-16-17-53(22-26(31)42)32-7-5-8-33-37(32)52(3)40(59)55(33)34-14-15-36(56)49-39(34)58/h4-9,18-19,21,23,25-26,31,34H,10-17,20,22H2,2-3H3,(H,48,57)(H,49,56,58). The third-order valence-electron chi connectivity index (χ3n) is 12.0. The highest BCUT2D eigenvalue weighted by molar-refractivity contribution is 6.06. The van der Waals surface area contributed by atoms with Crippen molar-refractivity contribution in [2.75, 3.05) is 36.9 Å². The van der Waals surface area contributed by atoms with Gasteiger partial charge in [0.15, 0.2) is 0 Å². The Labute approximate surface area is 335 Å². The number of pyridine rings is 1. The quantitative estimate of drug-likeness (QED) is 0.108. The summed E-state index contributed by atoms with van der Waals surface area (Å²) in [6, 6.07) is 10.7. The van der Waals surface area contributed by atoms with E-state index in [-0.39, 0.29) is 54.4 Å². The third-order valence-corrected chi connectivity index (χ3v) is 12.0. The van der Waals surface area contributed by atoms with Crippen LogP contribution in [0.5, 0.6) is 0 Å². The van der Waals surface area contributed by atoms with E-state index in [0.29, 0.717) is 40.8 Å². The average Bonchev–Trinajstić information content (AvgIpc) is 3.74. The molecule has 2 aliphatic heterocycles. The zero-order valence-corrected chi connectivity index (χ0v) is 32.4. The number of carbonyl (C=O) groups is 3. The highest BCUT2D eigenvalue weighted by Gasteiger charge is 2.37. The van der Waals surface area contributed by atoms with Crippen molar-refractivity contribution < 1.29 is 31.9 Å². The fraction of sp³-hybridized carbons (Fsp3) is 0.439. The van der Waals surface area contributed by atoms with Gasteiger partial charge in [-0.3, -0.25) is 33.5 Å². The van der Waals surface area contributed by atoms with Gasteiger partial charge in [-0.2, -0.15) is 18.3 Å². The lowest BCUT2D eigenvalue weighted by Crippen LogP contribution is -2.52. The van der Waals surface area contributed by atoms with Crippen LogP contribution in [-0.2, 0) is 22.8 Å². The van der Waals surface area contributed by atoms with Gasteiger partial charge in [-0.05, 0) is 87.9 Å². The van der Waals surface area contributed by atoms with Crippen molar-refractivity contribution in [3.05, 3.63) is 88.0 Å². The Balaban J connectivity index is 0.883. The maximum absolute atomic E-state index is 16.1. The molecule has 308 valence electrons. The molecule has 3 fully saturated rings. The number of hydrogen-bond acceptors (Lipinski definition) is 8. The van der Waals surface area contributed by atoms with Gasteiger partial charge >= 0.3 is 11.9 Å². The van der Waals surface area contributed by atoms with Crippen molar-refractivity contribution in [2.45, 2.75) is 75.4 Å². The summed E-state index contributed by atoms with van der Waals surface area (Å²) in [7, 11) is 3.61. The van der Waals surface area contributed by atoms with Crippen molar-refractivity contribution in [1.29, 1.82) is 0 Å². The number of imidazole rings is 1. The highest BCUT2D eigenvalue weighted by atomic mass is 19.4. The topological polar surface area (TPSA) is 144 Å². The number of anilines is 2. The van der Waals surface area contributed by atoms with Crippen LogP contribution < -0.4 is 21.2 Å². The molecule has 1 aliphatic carbocycles. The molecule has 14 nitrogen and oxygen atoms in total. The molecule has 3 atom stereocenters. The Morgan fingerprint density at radius 3 is 2.53 bits per heavy atom. The van der Waals surface area contributed by atoms with Crippen molar-refractivity contribution in [3.63, 3.8) is 0 Å².